The van der Waals surface area contributed by atoms with Crippen LogP contribution in [0.15, 0.2) is 18.2 Å². The van der Waals surface area contributed by atoms with Gasteiger partial charge in [-0.2, -0.15) is 0 Å². The minimum atomic E-state index is 0.493. The van der Waals surface area contributed by atoms with Gasteiger partial charge in [-0.25, -0.2) is 0 Å². The summed E-state index contributed by atoms with van der Waals surface area (Å²) in [6, 6.07) is 6.44. The van der Waals surface area contributed by atoms with Crippen molar-refractivity contribution in [1.29, 1.82) is 0 Å². The first-order valence-electron chi connectivity index (χ1n) is 7.32. The number of hydrogen-bond acceptors (Lipinski definition) is 2. The second-order valence-corrected chi connectivity index (χ2v) is 6.10. The lowest BCUT2D eigenvalue weighted by Gasteiger charge is -2.27. The summed E-state index contributed by atoms with van der Waals surface area (Å²) in [6.45, 7) is 7.76. The Morgan fingerprint density at radius 2 is 2.05 bits per heavy atom. The van der Waals surface area contributed by atoms with Gasteiger partial charge in [-0.15, -0.1) is 0 Å². The molecule has 0 unspecified atom stereocenters. The van der Waals surface area contributed by atoms with Gasteiger partial charge in [-0.3, -0.25) is 0 Å². The second kappa shape index (κ2) is 6.15. The number of nitrogens with zero attached hydrogens (tertiary/aromatic N) is 1. The molecule has 1 saturated heterocycles. The van der Waals surface area contributed by atoms with Gasteiger partial charge < -0.3 is 10.2 Å². The van der Waals surface area contributed by atoms with Gasteiger partial charge in [0.05, 0.1) is 10.7 Å². The molecule has 0 bridgehead atoms. The third-order valence-corrected chi connectivity index (χ3v) is 4.97. The molecule has 1 N–H and O–H groups in total. The molecule has 1 aromatic rings. The zero-order chi connectivity index (χ0) is 13.9. The van der Waals surface area contributed by atoms with Gasteiger partial charge in [-0.1, -0.05) is 31.5 Å². The Hall–Kier alpha value is -0.730. The number of nitrogens with one attached hydrogen (secondary N) is 1. The van der Waals surface area contributed by atoms with E-state index in [1.165, 1.54) is 30.5 Å². The predicted molar refractivity (Wildman–Crippen MR) is 84.1 cm³/mol. The van der Waals surface area contributed by atoms with Crippen LogP contribution in [0.2, 0.25) is 5.02 Å². The van der Waals surface area contributed by atoms with Crippen LogP contribution in [0.4, 0.5) is 5.69 Å². The van der Waals surface area contributed by atoms with Gasteiger partial charge in [0.15, 0.2) is 0 Å². The quantitative estimate of drug-likeness (QED) is 0.874. The first-order valence-corrected chi connectivity index (χ1v) is 7.70. The molecule has 1 heterocycles. The van der Waals surface area contributed by atoms with Crippen LogP contribution >= 0.6 is 11.6 Å². The van der Waals surface area contributed by atoms with E-state index in [1.807, 2.05) is 7.05 Å². The molecule has 0 radical (unpaired) electrons. The van der Waals surface area contributed by atoms with Gasteiger partial charge in [0.2, 0.25) is 0 Å². The summed E-state index contributed by atoms with van der Waals surface area (Å²) >= 11 is 6.46. The average Bonchev–Trinajstić information content (AvgIpc) is 2.84. The standard InChI is InChI=1S/C16H25ClN2/c1-4-16(5-2)8-9-19(12-16)15-7-6-13(11-18-3)10-14(15)17/h6-7,10,18H,4-5,8-9,11-12H2,1-3H3. The van der Waals surface area contributed by atoms with Crippen LogP contribution in [0.3, 0.4) is 0 Å². The highest BCUT2D eigenvalue weighted by Gasteiger charge is 2.35. The fourth-order valence-corrected chi connectivity index (χ4v) is 3.41. The Kier molecular flexibility index (Phi) is 4.75. The fraction of sp³-hybridized carbons (Fsp3) is 0.625. The van der Waals surface area contributed by atoms with Crippen molar-refractivity contribution in [2.75, 3.05) is 25.0 Å². The fourth-order valence-electron chi connectivity index (χ4n) is 3.09. The van der Waals surface area contributed by atoms with Crippen LogP contribution in [-0.4, -0.2) is 20.1 Å². The first-order chi connectivity index (χ1) is 9.14. The minimum Gasteiger partial charge on any atom is -0.370 e. The van der Waals surface area contributed by atoms with E-state index in [9.17, 15) is 0 Å². The zero-order valence-electron chi connectivity index (χ0n) is 12.3. The lowest BCUT2D eigenvalue weighted by molar-refractivity contribution is 0.301. The van der Waals surface area contributed by atoms with Gasteiger partial charge in [-0.05, 0) is 49.4 Å². The van der Waals surface area contributed by atoms with E-state index in [-0.39, 0.29) is 0 Å². The van der Waals surface area contributed by atoms with E-state index in [4.69, 9.17) is 11.6 Å². The van der Waals surface area contributed by atoms with E-state index >= 15 is 0 Å². The Bertz CT molecular complexity index is 427. The highest BCUT2D eigenvalue weighted by molar-refractivity contribution is 6.33. The van der Waals surface area contributed by atoms with E-state index in [1.54, 1.807) is 0 Å². The summed E-state index contributed by atoms with van der Waals surface area (Å²) in [5, 5.41) is 4.04. The average molecular weight is 281 g/mol. The molecule has 1 fully saturated rings. The molecule has 0 amide bonds. The third-order valence-electron chi connectivity index (χ3n) is 4.67. The molecule has 2 nitrogen and oxygen atoms in total. The molecule has 0 atom stereocenters. The van der Waals surface area contributed by atoms with E-state index < -0.39 is 0 Å². The van der Waals surface area contributed by atoms with Gasteiger partial charge in [0.25, 0.3) is 0 Å². The van der Waals surface area contributed by atoms with Gasteiger partial charge in [0, 0.05) is 19.6 Å². The Morgan fingerprint density at radius 1 is 1.32 bits per heavy atom. The molecule has 106 valence electrons. The third kappa shape index (κ3) is 3.06. The number of rotatable bonds is 5. The molecule has 19 heavy (non-hydrogen) atoms. The highest BCUT2D eigenvalue weighted by atomic mass is 35.5. The Balaban J connectivity index is 2.15. The number of benzene rings is 1. The lowest BCUT2D eigenvalue weighted by atomic mass is 9.82. The van der Waals surface area contributed by atoms with Crippen LogP contribution < -0.4 is 10.2 Å². The van der Waals surface area contributed by atoms with Gasteiger partial charge in [0.1, 0.15) is 0 Å². The van der Waals surface area contributed by atoms with E-state index in [2.05, 4.69) is 42.3 Å². The van der Waals surface area contributed by atoms with Crippen molar-refractivity contribution in [2.24, 2.45) is 5.41 Å². The topological polar surface area (TPSA) is 15.3 Å². The van der Waals surface area contributed by atoms with Crippen LogP contribution in [0.25, 0.3) is 0 Å². The maximum Gasteiger partial charge on any atom is 0.0642 e. The maximum atomic E-state index is 6.46. The summed E-state index contributed by atoms with van der Waals surface area (Å²) in [5.41, 5.74) is 2.94. The summed E-state index contributed by atoms with van der Waals surface area (Å²) in [6.07, 6.45) is 3.81. The number of hydrogen-bond donors (Lipinski definition) is 1. The largest absolute Gasteiger partial charge is 0.370 e. The summed E-state index contributed by atoms with van der Waals surface area (Å²) < 4.78 is 0. The number of anilines is 1. The van der Waals surface area contributed by atoms with Crippen LogP contribution in [0.1, 0.15) is 38.7 Å². The van der Waals surface area contributed by atoms with Crippen molar-refractivity contribution in [3.8, 4) is 0 Å². The van der Waals surface area contributed by atoms with E-state index in [0.717, 1.165) is 24.7 Å². The predicted octanol–water partition coefficient (Wildman–Crippen LogP) is 4.08. The molecule has 0 spiro atoms. The van der Waals surface area contributed by atoms with Gasteiger partial charge >= 0.3 is 0 Å². The minimum absolute atomic E-state index is 0.493. The number of halogens is 1. The van der Waals surface area contributed by atoms with Crippen molar-refractivity contribution < 1.29 is 0 Å². The van der Waals surface area contributed by atoms with Crippen molar-refractivity contribution in [3.63, 3.8) is 0 Å². The monoisotopic (exact) mass is 280 g/mol. The Morgan fingerprint density at radius 3 is 2.58 bits per heavy atom. The first kappa shape index (κ1) is 14.7. The van der Waals surface area contributed by atoms with Crippen molar-refractivity contribution in [1.82, 2.24) is 5.32 Å². The molecular formula is C16H25ClN2. The lowest BCUT2D eigenvalue weighted by Crippen LogP contribution is -2.26. The molecule has 0 aromatic heterocycles. The summed E-state index contributed by atoms with van der Waals surface area (Å²) in [4.78, 5) is 2.46. The van der Waals surface area contributed by atoms with Crippen LogP contribution in [-0.2, 0) is 6.54 Å². The van der Waals surface area contributed by atoms with Crippen LogP contribution in [0, 0.1) is 5.41 Å². The molecular weight excluding hydrogens is 256 g/mol. The van der Waals surface area contributed by atoms with Crippen molar-refractivity contribution in [3.05, 3.63) is 28.8 Å². The van der Waals surface area contributed by atoms with Crippen molar-refractivity contribution >= 4 is 17.3 Å². The molecule has 1 aromatic carbocycles. The molecule has 0 aliphatic carbocycles. The Labute approximate surface area is 122 Å². The highest BCUT2D eigenvalue weighted by Crippen LogP contribution is 2.40. The SMILES string of the molecule is CCC1(CC)CCN(c2ccc(CNC)cc2Cl)C1. The molecule has 2 rings (SSSR count). The van der Waals surface area contributed by atoms with Crippen molar-refractivity contribution in [2.45, 2.75) is 39.7 Å². The molecule has 3 heteroatoms. The summed E-state index contributed by atoms with van der Waals surface area (Å²) in [5.74, 6) is 0. The molecule has 0 saturated carbocycles. The zero-order valence-corrected chi connectivity index (χ0v) is 13.1. The second-order valence-electron chi connectivity index (χ2n) is 5.69. The van der Waals surface area contributed by atoms with Crippen LogP contribution in [0.5, 0.6) is 0 Å². The maximum absolute atomic E-state index is 6.46. The summed E-state index contributed by atoms with van der Waals surface area (Å²) in [7, 11) is 1.96. The normalized spacial score (nSPS) is 18.0. The van der Waals surface area contributed by atoms with E-state index in [0.29, 0.717) is 5.41 Å². The smallest absolute Gasteiger partial charge is 0.0642 e. The molecule has 1 aliphatic heterocycles. The molecule has 1 aliphatic rings.